The van der Waals surface area contributed by atoms with Crippen LogP contribution in [0, 0.1) is 12.8 Å². The minimum absolute atomic E-state index is 0.0458. The number of carbonyl (C=O) groups excluding carboxylic acids is 2. The number of rotatable bonds is 3. The van der Waals surface area contributed by atoms with Crippen molar-refractivity contribution >= 4 is 28.3 Å². The summed E-state index contributed by atoms with van der Waals surface area (Å²) in [6.45, 7) is 4.17. The van der Waals surface area contributed by atoms with E-state index >= 15 is 0 Å². The van der Waals surface area contributed by atoms with Gasteiger partial charge < -0.3 is 15.6 Å². The number of H-pyrrole nitrogens is 1. The quantitative estimate of drug-likeness (QED) is 0.807. The third kappa shape index (κ3) is 2.83. The number of benzene rings is 1. The molecule has 5 heteroatoms. The lowest BCUT2D eigenvalue weighted by molar-refractivity contribution is -0.120. The molecule has 21 heavy (non-hydrogen) atoms. The van der Waals surface area contributed by atoms with Gasteiger partial charge in [0.15, 0.2) is 0 Å². The van der Waals surface area contributed by atoms with Gasteiger partial charge in [-0.2, -0.15) is 0 Å². The van der Waals surface area contributed by atoms with E-state index in [0.717, 1.165) is 22.3 Å². The molecule has 3 rings (SSSR count). The standard InChI is InChI=1S/C16H19N3O2/c1-9-5-11-6-13(3-4-14(11)18-9)19-16(21)15-7-12(8-17-15)10(2)20/h3-6,12,15,17-18H,7-8H2,1-2H3,(H,19,21). The number of anilines is 1. The summed E-state index contributed by atoms with van der Waals surface area (Å²) in [5.41, 5.74) is 2.93. The third-order valence-corrected chi connectivity index (χ3v) is 4.05. The summed E-state index contributed by atoms with van der Waals surface area (Å²) in [5.74, 6) is 0.0166. The highest BCUT2D eigenvalue weighted by Crippen LogP contribution is 2.21. The summed E-state index contributed by atoms with van der Waals surface area (Å²) in [7, 11) is 0. The maximum Gasteiger partial charge on any atom is 0.241 e. The number of nitrogens with one attached hydrogen (secondary N) is 3. The van der Waals surface area contributed by atoms with Crippen LogP contribution in [0.25, 0.3) is 10.9 Å². The van der Waals surface area contributed by atoms with E-state index in [-0.39, 0.29) is 23.7 Å². The number of hydrogen-bond donors (Lipinski definition) is 3. The van der Waals surface area contributed by atoms with Crippen LogP contribution in [0.5, 0.6) is 0 Å². The highest BCUT2D eigenvalue weighted by Gasteiger charge is 2.31. The van der Waals surface area contributed by atoms with Crippen molar-refractivity contribution in [3.8, 4) is 0 Å². The van der Waals surface area contributed by atoms with Crippen molar-refractivity contribution in [1.29, 1.82) is 0 Å². The van der Waals surface area contributed by atoms with Gasteiger partial charge in [0.2, 0.25) is 5.91 Å². The highest BCUT2D eigenvalue weighted by atomic mass is 16.2. The van der Waals surface area contributed by atoms with Crippen molar-refractivity contribution in [2.24, 2.45) is 5.92 Å². The minimum atomic E-state index is -0.289. The van der Waals surface area contributed by atoms with Gasteiger partial charge in [0.25, 0.3) is 0 Å². The van der Waals surface area contributed by atoms with Crippen molar-refractivity contribution in [1.82, 2.24) is 10.3 Å². The van der Waals surface area contributed by atoms with Gasteiger partial charge in [-0.05, 0) is 44.5 Å². The molecule has 0 bridgehead atoms. The Morgan fingerprint density at radius 3 is 2.81 bits per heavy atom. The summed E-state index contributed by atoms with van der Waals surface area (Å²) < 4.78 is 0. The number of amides is 1. The molecule has 110 valence electrons. The Bertz CT molecular complexity index is 705. The van der Waals surface area contributed by atoms with Crippen LogP contribution in [0.2, 0.25) is 0 Å². The molecular weight excluding hydrogens is 266 g/mol. The molecule has 0 saturated carbocycles. The molecule has 3 N–H and O–H groups in total. The number of ketones is 1. The molecule has 1 aliphatic heterocycles. The largest absolute Gasteiger partial charge is 0.359 e. The van der Waals surface area contributed by atoms with Crippen LogP contribution in [0.3, 0.4) is 0 Å². The number of aromatic nitrogens is 1. The number of fused-ring (bicyclic) bond motifs is 1. The molecule has 1 fully saturated rings. The number of aryl methyl sites for hydroxylation is 1. The molecule has 1 aromatic heterocycles. The zero-order valence-corrected chi connectivity index (χ0v) is 12.2. The van der Waals surface area contributed by atoms with Gasteiger partial charge >= 0.3 is 0 Å². The predicted molar refractivity (Wildman–Crippen MR) is 82.2 cm³/mol. The summed E-state index contributed by atoms with van der Waals surface area (Å²) in [4.78, 5) is 26.8. The molecule has 2 unspecified atom stereocenters. The van der Waals surface area contributed by atoms with Crippen molar-refractivity contribution in [2.75, 3.05) is 11.9 Å². The Labute approximate surface area is 123 Å². The van der Waals surface area contributed by atoms with Crippen LogP contribution >= 0.6 is 0 Å². The first-order valence-corrected chi connectivity index (χ1v) is 7.17. The summed E-state index contributed by atoms with van der Waals surface area (Å²) in [6.07, 6.45) is 0.576. The molecule has 2 atom stereocenters. The summed E-state index contributed by atoms with van der Waals surface area (Å²) in [5, 5.41) is 7.10. The lowest BCUT2D eigenvalue weighted by atomic mass is 10.0. The predicted octanol–water partition coefficient (Wildman–Crippen LogP) is 1.98. The van der Waals surface area contributed by atoms with Gasteiger partial charge in [-0.1, -0.05) is 0 Å². The van der Waals surface area contributed by atoms with Crippen molar-refractivity contribution in [2.45, 2.75) is 26.3 Å². The Hall–Kier alpha value is -2.14. The van der Waals surface area contributed by atoms with Gasteiger partial charge in [-0.25, -0.2) is 0 Å². The van der Waals surface area contributed by atoms with E-state index in [0.29, 0.717) is 13.0 Å². The van der Waals surface area contributed by atoms with Crippen LogP contribution in [-0.2, 0) is 9.59 Å². The average Bonchev–Trinajstić information content (AvgIpc) is 3.03. The van der Waals surface area contributed by atoms with Crippen LogP contribution < -0.4 is 10.6 Å². The fourth-order valence-corrected chi connectivity index (χ4v) is 2.83. The van der Waals surface area contributed by atoms with Gasteiger partial charge in [0.05, 0.1) is 6.04 Å². The van der Waals surface area contributed by atoms with Crippen molar-refractivity contribution < 1.29 is 9.59 Å². The van der Waals surface area contributed by atoms with Crippen LogP contribution in [-0.4, -0.2) is 29.3 Å². The van der Waals surface area contributed by atoms with Crippen LogP contribution in [0.15, 0.2) is 24.3 Å². The molecule has 5 nitrogen and oxygen atoms in total. The molecule has 2 aromatic rings. The van der Waals surface area contributed by atoms with Gasteiger partial charge in [0.1, 0.15) is 5.78 Å². The molecule has 0 spiro atoms. The van der Waals surface area contributed by atoms with Gasteiger partial charge in [0, 0.05) is 34.7 Å². The third-order valence-electron chi connectivity index (χ3n) is 4.05. The van der Waals surface area contributed by atoms with Crippen LogP contribution in [0.1, 0.15) is 19.0 Å². The Morgan fingerprint density at radius 1 is 1.29 bits per heavy atom. The van der Waals surface area contributed by atoms with E-state index in [4.69, 9.17) is 0 Å². The van der Waals surface area contributed by atoms with E-state index in [2.05, 4.69) is 15.6 Å². The highest BCUT2D eigenvalue weighted by molar-refractivity contribution is 5.97. The van der Waals surface area contributed by atoms with E-state index in [9.17, 15) is 9.59 Å². The Kier molecular flexibility index (Phi) is 3.51. The maximum absolute atomic E-state index is 12.2. The SMILES string of the molecule is CC(=O)C1CNC(C(=O)Nc2ccc3[nH]c(C)cc3c2)C1. The Morgan fingerprint density at radius 2 is 2.10 bits per heavy atom. The second-order valence-corrected chi connectivity index (χ2v) is 5.75. The first-order valence-electron chi connectivity index (χ1n) is 7.17. The monoisotopic (exact) mass is 285 g/mol. The smallest absolute Gasteiger partial charge is 0.241 e. The molecular formula is C16H19N3O2. The van der Waals surface area contributed by atoms with Crippen molar-refractivity contribution in [3.63, 3.8) is 0 Å². The van der Waals surface area contributed by atoms with E-state index < -0.39 is 0 Å². The Balaban J connectivity index is 1.70. The van der Waals surface area contributed by atoms with E-state index in [1.54, 1.807) is 6.92 Å². The molecule has 1 aromatic carbocycles. The van der Waals surface area contributed by atoms with Gasteiger partial charge in [-0.15, -0.1) is 0 Å². The fourth-order valence-electron chi connectivity index (χ4n) is 2.83. The lowest BCUT2D eigenvalue weighted by Gasteiger charge is -2.11. The topological polar surface area (TPSA) is 74.0 Å². The first-order chi connectivity index (χ1) is 10.0. The molecule has 1 saturated heterocycles. The lowest BCUT2D eigenvalue weighted by Crippen LogP contribution is -2.35. The van der Waals surface area contributed by atoms with E-state index in [1.165, 1.54) is 0 Å². The van der Waals surface area contributed by atoms with Crippen LogP contribution in [0.4, 0.5) is 5.69 Å². The normalized spacial score (nSPS) is 21.6. The molecule has 1 aliphatic rings. The molecule has 1 amide bonds. The zero-order valence-electron chi connectivity index (χ0n) is 12.2. The van der Waals surface area contributed by atoms with Crippen molar-refractivity contribution in [3.05, 3.63) is 30.0 Å². The van der Waals surface area contributed by atoms with E-state index in [1.807, 2.05) is 31.2 Å². The molecule has 2 heterocycles. The number of Topliss-reactive ketones (excluding diaryl/α,β-unsaturated/α-hetero) is 1. The van der Waals surface area contributed by atoms with Gasteiger partial charge in [-0.3, -0.25) is 9.59 Å². The molecule has 0 radical (unpaired) electrons. The maximum atomic E-state index is 12.2. The second kappa shape index (κ2) is 5.33. The zero-order chi connectivity index (χ0) is 15.0. The number of carbonyl (C=O) groups is 2. The fraction of sp³-hybridized carbons (Fsp3) is 0.375. The summed E-state index contributed by atoms with van der Waals surface area (Å²) in [6, 6.07) is 7.55. The summed E-state index contributed by atoms with van der Waals surface area (Å²) >= 11 is 0. The number of aromatic amines is 1. The second-order valence-electron chi connectivity index (χ2n) is 5.75. The molecule has 0 aliphatic carbocycles. The first kappa shape index (κ1) is 13.8. The minimum Gasteiger partial charge on any atom is -0.359 e. The average molecular weight is 285 g/mol. The number of hydrogen-bond acceptors (Lipinski definition) is 3.